The van der Waals surface area contributed by atoms with Crippen molar-refractivity contribution in [3.05, 3.63) is 29.8 Å². The van der Waals surface area contributed by atoms with Gasteiger partial charge in [0.25, 0.3) is 0 Å². The Morgan fingerprint density at radius 2 is 1.90 bits per heavy atom. The van der Waals surface area contributed by atoms with Gasteiger partial charge in [-0.25, -0.2) is 0 Å². The zero-order valence-electron chi connectivity index (χ0n) is 12.4. The molecule has 0 radical (unpaired) electrons. The van der Waals surface area contributed by atoms with Crippen molar-refractivity contribution < 1.29 is 9.53 Å². The average Bonchev–Trinajstić information content (AvgIpc) is 2.99. The third-order valence-electron chi connectivity index (χ3n) is 3.80. The number of benzene rings is 1. The molecule has 3 heteroatoms. The summed E-state index contributed by atoms with van der Waals surface area (Å²) in [5, 5.41) is 0. The summed E-state index contributed by atoms with van der Waals surface area (Å²) in [6.07, 6.45) is 5.37. The van der Waals surface area contributed by atoms with Crippen LogP contribution in [0.2, 0.25) is 0 Å². The number of hydrogen-bond donors (Lipinski definition) is 0. The number of carbonyl (C=O) groups excluding carboxylic acids is 1. The van der Waals surface area contributed by atoms with E-state index in [0.29, 0.717) is 6.42 Å². The Morgan fingerprint density at radius 3 is 2.55 bits per heavy atom. The minimum atomic E-state index is 0.233. The van der Waals surface area contributed by atoms with E-state index in [1.54, 1.807) is 0 Å². The molecule has 0 aromatic heterocycles. The third-order valence-corrected chi connectivity index (χ3v) is 3.80. The number of nitrogens with zero attached hydrogens (tertiary/aromatic N) is 1. The molecular weight excluding hydrogens is 250 g/mol. The number of Topliss-reactive ketones (excluding diaryl/α,β-unsaturated/α-hetero) is 1. The monoisotopic (exact) mass is 275 g/mol. The molecule has 20 heavy (non-hydrogen) atoms. The van der Waals surface area contributed by atoms with Gasteiger partial charge in [-0.05, 0) is 56.6 Å². The quantitative estimate of drug-likeness (QED) is 0.537. The number of ether oxygens (including phenoxy) is 1. The first kappa shape index (κ1) is 15.0. The molecule has 0 aliphatic carbocycles. The molecule has 1 aliphatic heterocycles. The molecule has 110 valence electrons. The van der Waals surface area contributed by atoms with Gasteiger partial charge in [0.15, 0.2) is 5.78 Å². The van der Waals surface area contributed by atoms with Crippen LogP contribution in [0.4, 0.5) is 0 Å². The molecule has 2 rings (SSSR count). The summed E-state index contributed by atoms with van der Waals surface area (Å²) in [6, 6.07) is 7.57. The number of ketones is 1. The molecule has 0 N–H and O–H groups in total. The van der Waals surface area contributed by atoms with Crippen LogP contribution in [-0.4, -0.2) is 36.9 Å². The standard InChI is InChI=1S/C17H25NO2/c1-2-3-14-20-16-8-6-15(7-9-16)17(19)10-13-18-11-4-5-12-18/h6-9H,2-5,10-14H2,1H3. The Kier molecular flexibility index (Phi) is 6.06. The summed E-state index contributed by atoms with van der Waals surface area (Å²) in [5.41, 5.74) is 0.798. The van der Waals surface area contributed by atoms with Crippen molar-refractivity contribution in [2.45, 2.75) is 39.0 Å². The van der Waals surface area contributed by atoms with Crippen molar-refractivity contribution in [3.8, 4) is 5.75 Å². The van der Waals surface area contributed by atoms with Crippen LogP contribution in [0.15, 0.2) is 24.3 Å². The van der Waals surface area contributed by atoms with Crippen molar-refractivity contribution in [2.75, 3.05) is 26.2 Å². The number of unbranched alkanes of at least 4 members (excludes halogenated alkanes) is 1. The van der Waals surface area contributed by atoms with Crippen LogP contribution >= 0.6 is 0 Å². The second-order valence-corrected chi connectivity index (χ2v) is 5.45. The molecule has 0 bridgehead atoms. The van der Waals surface area contributed by atoms with E-state index < -0.39 is 0 Å². The highest BCUT2D eigenvalue weighted by Crippen LogP contribution is 2.15. The van der Waals surface area contributed by atoms with Gasteiger partial charge in [0.05, 0.1) is 6.61 Å². The summed E-state index contributed by atoms with van der Waals surface area (Å²) < 4.78 is 5.60. The van der Waals surface area contributed by atoms with E-state index >= 15 is 0 Å². The maximum atomic E-state index is 12.1. The van der Waals surface area contributed by atoms with E-state index in [0.717, 1.165) is 50.4 Å². The summed E-state index contributed by atoms with van der Waals surface area (Å²) in [6.45, 7) is 6.09. The first-order valence-corrected chi connectivity index (χ1v) is 7.78. The van der Waals surface area contributed by atoms with Crippen LogP contribution in [0.5, 0.6) is 5.75 Å². The summed E-state index contributed by atoms with van der Waals surface area (Å²) in [5.74, 6) is 1.09. The molecule has 1 aromatic carbocycles. The second-order valence-electron chi connectivity index (χ2n) is 5.45. The van der Waals surface area contributed by atoms with Crippen LogP contribution < -0.4 is 4.74 Å². The van der Waals surface area contributed by atoms with Gasteiger partial charge in [-0.15, -0.1) is 0 Å². The number of hydrogen-bond acceptors (Lipinski definition) is 3. The van der Waals surface area contributed by atoms with Crippen molar-refractivity contribution in [3.63, 3.8) is 0 Å². The molecule has 0 spiro atoms. The Hall–Kier alpha value is -1.35. The maximum absolute atomic E-state index is 12.1. The van der Waals surface area contributed by atoms with Crippen LogP contribution in [0.25, 0.3) is 0 Å². The fourth-order valence-corrected chi connectivity index (χ4v) is 2.48. The van der Waals surface area contributed by atoms with Crippen LogP contribution in [0.3, 0.4) is 0 Å². The molecule has 0 saturated carbocycles. The first-order chi connectivity index (χ1) is 9.79. The largest absolute Gasteiger partial charge is 0.494 e. The molecular formula is C17H25NO2. The lowest BCUT2D eigenvalue weighted by Gasteiger charge is -2.13. The molecule has 1 saturated heterocycles. The zero-order valence-corrected chi connectivity index (χ0v) is 12.4. The third kappa shape index (κ3) is 4.64. The van der Waals surface area contributed by atoms with Gasteiger partial charge in [0.2, 0.25) is 0 Å². The lowest BCUT2D eigenvalue weighted by molar-refractivity contribution is 0.0969. The highest BCUT2D eigenvalue weighted by Gasteiger charge is 2.13. The van der Waals surface area contributed by atoms with Gasteiger partial charge in [-0.3, -0.25) is 4.79 Å². The van der Waals surface area contributed by atoms with Gasteiger partial charge in [0.1, 0.15) is 5.75 Å². The number of carbonyl (C=O) groups is 1. The lowest BCUT2D eigenvalue weighted by Crippen LogP contribution is -2.22. The van der Waals surface area contributed by atoms with Crippen LogP contribution in [-0.2, 0) is 0 Å². The van der Waals surface area contributed by atoms with Gasteiger partial charge < -0.3 is 9.64 Å². The predicted octanol–water partition coefficient (Wildman–Crippen LogP) is 3.53. The molecule has 0 amide bonds. The van der Waals surface area contributed by atoms with E-state index in [1.807, 2.05) is 24.3 Å². The van der Waals surface area contributed by atoms with E-state index in [2.05, 4.69) is 11.8 Å². The van der Waals surface area contributed by atoms with Crippen LogP contribution in [0, 0.1) is 0 Å². The minimum Gasteiger partial charge on any atom is -0.494 e. The molecule has 1 heterocycles. The van der Waals surface area contributed by atoms with Crippen LogP contribution in [0.1, 0.15) is 49.4 Å². The summed E-state index contributed by atoms with van der Waals surface area (Å²) in [4.78, 5) is 14.5. The molecule has 1 aromatic rings. The normalized spacial score (nSPS) is 15.4. The number of likely N-dealkylation sites (tertiary alicyclic amines) is 1. The van der Waals surface area contributed by atoms with Gasteiger partial charge >= 0.3 is 0 Å². The fourth-order valence-electron chi connectivity index (χ4n) is 2.48. The van der Waals surface area contributed by atoms with E-state index in [-0.39, 0.29) is 5.78 Å². The Balaban J connectivity index is 1.77. The Labute approximate surface area is 121 Å². The Bertz CT molecular complexity index is 408. The highest BCUT2D eigenvalue weighted by atomic mass is 16.5. The predicted molar refractivity (Wildman–Crippen MR) is 81.5 cm³/mol. The van der Waals surface area contributed by atoms with Crippen molar-refractivity contribution in [1.29, 1.82) is 0 Å². The smallest absolute Gasteiger partial charge is 0.164 e. The second kappa shape index (κ2) is 8.05. The molecule has 0 unspecified atom stereocenters. The summed E-state index contributed by atoms with van der Waals surface area (Å²) in [7, 11) is 0. The molecule has 3 nitrogen and oxygen atoms in total. The average molecular weight is 275 g/mol. The first-order valence-electron chi connectivity index (χ1n) is 7.78. The van der Waals surface area contributed by atoms with Gasteiger partial charge in [-0.2, -0.15) is 0 Å². The molecule has 0 atom stereocenters. The number of rotatable bonds is 8. The van der Waals surface area contributed by atoms with E-state index in [1.165, 1.54) is 12.8 Å². The van der Waals surface area contributed by atoms with Gasteiger partial charge in [-0.1, -0.05) is 13.3 Å². The topological polar surface area (TPSA) is 29.5 Å². The lowest BCUT2D eigenvalue weighted by atomic mass is 10.1. The van der Waals surface area contributed by atoms with E-state index in [9.17, 15) is 4.79 Å². The molecule has 1 aliphatic rings. The Morgan fingerprint density at radius 1 is 1.20 bits per heavy atom. The van der Waals surface area contributed by atoms with E-state index in [4.69, 9.17) is 4.74 Å². The van der Waals surface area contributed by atoms with Gasteiger partial charge in [0, 0.05) is 18.5 Å². The SMILES string of the molecule is CCCCOc1ccc(C(=O)CCN2CCCC2)cc1. The minimum absolute atomic E-state index is 0.233. The zero-order chi connectivity index (χ0) is 14.2. The van der Waals surface area contributed by atoms with Crippen molar-refractivity contribution in [2.24, 2.45) is 0 Å². The highest BCUT2D eigenvalue weighted by molar-refractivity contribution is 5.96. The maximum Gasteiger partial charge on any atom is 0.164 e. The van der Waals surface area contributed by atoms with Crippen molar-refractivity contribution >= 4 is 5.78 Å². The molecule has 1 fully saturated rings. The summed E-state index contributed by atoms with van der Waals surface area (Å²) >= 11 is 0. The van der Waals surface area contributed by atoms with Crippen molar-refractivity contribution in [1.82, 2.24) is 4.90 Å². The fraction of sp³-hybridized carbons (Fsp3) is 0.588.